The standard InChI is InChI=1S/C22H26N6O/c23-13-22(8-9-22)19-4-1-5-20(26-19)27-10-2-3-15(12-27)21(29)25-17-11-16-6-7-18(17)28(16)14-24/h1,4-5,15-18H,2-3,6-12H2,(H,25,29)/t15-,16-,17+,18+/m0/s1. The molecule has 4 fully saturated rings. The fourth-order valence-corrected chi connectivity index (χ4v) is 5.42. The summed E-state index contributed by atoms with van der Waals surface area (Å²) in [5.74, 6) is 0.920. The maximum absolute atomic E-state index is 13.0. The van der Waals surface area contributed by atoms with Gasteiger partial charge in [0.05, 0.1) is 35.2 Å². The van der Waals surface area contributed by atoms with Gasteiger partial charge >= 0.3 is 0 Å². The number of fused-ring (bicyclic) bond motifs is 2. The number of hydrogen-bond donors (Lipinski definition) is 1. The molecule has 29 heavy (non-hydrogen) atoms. The predicted molar refractivity (Wildman–Crippen MR) is 107 cm³/mol. The molecule has 0 spiro atoms. The molecular formula is C22H26N6O. The van der Waals surface area contributed by atoms with E-state index in [0.717, 1.165) is 63.0 Å². The van der Waals surface area contributed by atoms with Crippen molar-refractivity contribution in [3.05, 3.63) is 23.9 Å². The van der Waals surface area contributed by atoms with Crippen LogP contribution in [0.2, 0.25) is 0 Å². The lowest BCUT2D eigenvalue weighted by atomic mass is 9.93. The summed E-state index contributed by atoms with van der Waals surface area (Å²) < 4.78 is 0. The van der Waals surface area contributed by atoms with Crippen molar-refractivity contribution >= 4 is 11.7 Å². The number of hydrogen-bond acceptors (Lipinski definition) is 6. The first-order chi connectivity index (χ1) is 14.1. The molecule has 3 aliphatic heterocycles. The van der Waals surface area contributed by atoms with Crippen molar-refractivity contribution in [3.8, 4) is 12.3 Å². The van der Waals surface area contributed by atoms with E-state index in [1.165, 1.54) is 0 Å². The third kappa shape index (κ3) is 3.09. The van der Waals surface area contributed by atoms with Crippen LogP contribution in [0.4, 0.5) is 5.82 Å². The summed E-state index contributed by atoms with van der Waals surface area (Å²) >= 11 is 0. The molecule has 0 aromatic carbocycles. The van der Waals surface area contributed by atoms with Crippen LogP contribution in [-0.4, -0.2) is 47.0 Å². The molecule has 1 aromatic rings. The number of aromatic nitrogens is 1. The molecule has 5 rings (SSSR count). The molecule has 0 radical (unpaired) electrons. The molecular weight excluding hydrogens is 364 g/mol. The highest BCUT2D eigenvalue weighted by molar-refractivity contribution is 5.80. The molecule has 1 N–H and O–H groups in total. The fraction of sp³-hybridized carbons (Fsp3) is 0.636. The monoisotopic (exact) mass is 390 g/mol. The van der Waals surface area contributed by atoms with Crippen LogP contribution in [0.25, 0.3) is 0 Å². The topological polar surface area (TPSA) is 96.0 Å². The molecule has 1 aliphatic carbocycles. The molecule has 1 saturated carbocycles. The lowest BCUT2D eigenvalue weighted by Gasteiger charge is -2.34. The minimum atomic E-state index is -0.392. The number of nitrogens with zero attached hydrogens (tertiary/aromatic N) is 5. The first-order valence-electron chi connectivity index (χ1n) is 10.8. The third-order valence-electron chi connectivity index (χ3n) is 7.28. The maximum atomic E-state index is 13.0. The summed E-state index contributed by atoms with van der Waals surface area (Å²) in [7, 11) is 0. The summed E-state index contributed by atoms with van der Waals surface area (Å²) in [6.45, 7) is 1.54. The number of carbonyl (C=O) groups excluding carboxylic acids is 1. The van der Waals surface area contributed by atoms with Gasteiger partial charge in [-0.3, -0.25) is 4.79 Å². The summed E-state index contributed by atoms with van der Waals surface area (Å²) in [6.07, 6.45) is 8.86. The van der Waals surface area contributed by atoms with Gasteiger partial charge < -0.3 is 15.1 Å². The van der Waals surface area contributed by atoms with E-state index >= 15 is 0 Å². The highest BCUT2D eigenvalue weighted by atomic mass is 16.2. The van der Waals surface area contributed by atoms with Crippen molar-refractivity contribution in [2.24, 2.45) is 5.92 Å². The van der Waals surface area contributed by atoms with E-state index in [9.17, 15) is 15.3 Å². The van der Waals surface area contributed by atoms with Gasteiger partial charge in [0.2, 0.25) is 5.91 Å². The summed E-state index contributed by atoms with van der Waals surface area (Å²) in [6, 6.07) is 8.90. The van der Waals surface area contributed by atoms with Crippen LogP contribution in [-0.2, 0) is 10.2 Å². The van der Waals surface area contributed by atoms with Crippen LogP contribution in [0.5, 0.6) is 0 Å². The molecule has 1 aromatic heterocycles. The number of anilines is 1. The second-order valence-corrected chi connectivity index (χ2v) is 9.02. The smallest absolute Gasteiger partial charge is 0.225 e. The minimum Gasteiger partial charge on any atom is -0.356 e. The van der Waals surface area contributed by atoms with Crippen LogP contribution in [0.1, 0.15) is 50.6 Å². The average molecular weight is 390 g/mol. The van der Waals surface area contributed by atoms with Crippen LogP contribution in [0.15, 0.2) is 18.2 Å². The Morgan fingerprint density at radius 2 is 2.10 bits per heavy atom. The Kier molecular flexibility index (Phi) is 4.35. The molecule has 4 aliphatic rings. The number of amides is 1. The largest absolute Gasteiger partial charge is 0.356 e. The Morgan fingerprint density at radius 3 is 2.83 bits per heavy atom. The van der Waals surface area contributed by atoms with E-state index in [0.29, 0.717) is 12.6 Å². The number of pyridine rings is 1. The normalized spacial score (nSPS) is 31.8. The molecule has 150 valence electrons. The average Bonchev–Trinajstić information content (AvgIpc) is 3.38. The van der Waals surface area contributed by atoms with E-state index in [4.69, 9.17) is 4.98 Å². The molecule has 4 atom stereocenters. The zero-order chi connectivity index (χ0) is 20.0. The third-order valence-corrected chi connectivity index (χ3v) is 7.28. The van der Waals surface area contributed by atoms with Gasteiger partial charge in [0.1, 0.15) is 5.82 Å². The van der Waals surface area contributed by atoms with Crippen LogP contribution in [0.3, 0.4) is 0 Å². The lowest BCUT2D eigenvalue weighted by molar-refractivity contribution is -0.126. The molecule has 0 unspecified atom stereocenters. The van der Waals surface area contributed by atoms with Crippen LogP contribution >= 0.6 is 0 Å². The van der Waals surface area contributed by atoms with Crippen molar-refractivity contribution in [2.75, 3.05) is 18.0 Å². The van der Waals surface area contributed by atoms with Gasteiger partial charge in [0.15, 0.2) is 6.19 Å². The van der Waals surface area contributed by atoms with Gasteiger partial charge in [0.25, 0.3) is 0 Å². The van der Waals surface area contributed by atoms with Gasteiger partial charge in [-0.25, -0.2) is 4.98 Å². The highest BCUT2D eigenvalue weighted by Gasteiger charge is 2.48. The number of carbonyl (C=O) groups is 1. The molecule has 7 nitrogen and oxygen atoms in total. The van der Waals surface area contributed by atoms with E-state index in [1.807, 2.05) is 23.1 Å². The highest BCUT2D eigenvalue weighted by Crippen LogP contribution is 2.47. The zero-order valence-corrected chi connectivity index (χ0v) is 16.5. The molecule has 7 heteroatoms. The van der Waals surface area contributed by atoms with Crippen molar-refractivity contribution in [1.82, 2.24) is 15.2 Å². The Morgan fingerprint density at radius 1 is 1.24 bits per heavy atom. The minimum absolute atomic E-state index is 0.0604. The first kappa shape index (κ1) is 18.2. The summed E-state index contributed by atoms with van der Waals surface area (Å²) in [5.41, 5.74) is 0.472. The SMILES string of the molecule is N#CN1[C@H]2CC[C@@H]1[C@H](NC(=O)[C@H]1CCCN(c3cccc(C4(C#N)CC4)n3)C1)C2. The van der Waals surface area contributed by atoms with Crippen molar-refractivity contribution in [3.63, 3.8) is 0 Å². The number of nitriles is 2. The Labute approximate surface area is 171 Å². The quantitative estimate of drug-likeness (QED) is 0.791. The number of rotatable bonds is 4. The van der Waals surface area contributed by atoms with Gasteiger partial charge in [0, 0.05) is 19.1 Å². The van der Waals surface area contributed by atoms with Gasteiger partial charge in [-0.2, -0.15) is 10.5 Å². The number of piperidine rings is 1. The van der Waals surface area contributed by atoms with E-state index in [1.54, 1.807) is 0 Å². The van der Waals surface area contributed by atoms with Crippen molar-refractivity contribution < 1.29 is 4.79 Å². The molecule has 3 saturated heterocycles. The van der Waals surface area contributed by atoms with Crippen molar-refractivity contribution in [1.29, 1.82) is 10.5 Å². The maximum Gasteiger partial charge on any atom is 0.225 e. The molecule has 4 heterocycles. The zero-order valence-electron chi connectivity index (χ0n) is 16.5. The molecule has 2 bridgehead atoms. The van der Waals surface area contributed by atoms with E-state index in [2.05, 4.69) is 22.5 Å². The summed E-state index contributed by atoms with van der Waals surface area (Å²) in [4.78, 5) is 21.8. The van der Waals surface area contributed by atoms with Crippen LogP contribution in [0, 0.1) is 28.7 Å². The Bertz CT molecular complexity index is 897. The van der Waals surface area contributed by atoms with E-state index in [-0.39, 0.29) is 23.9 Å². The second kappa shape index (κ2) is 6.91. The van der Waals surface area contributed by atoms with Crippen molar-refractivity contribution in [2.45, 2.75) is 68.5 Å². The molecule has 1 amide bonds. The van der Waals surface area contributed by atoms with Gasteiger partial charge in [-0.15, -0.1) is 0 Å². The Hall–Kier alpha value is -2.80. The number of nitrogens with one attached hydrogen (secondary N) is 1. The first-order valence-corrected chi connectivity index (χ1v) is 10.8. The second-order valence-electron chi connectivity index (χ2n) is 9.02. The predicted octanol–water partition coefficient (Wildman–Crippen LogP) is 2.06. The summed E-state index contributed by atoms with van der Waals surface area (Å²) in [5, 5.41) is 22.1. The lowest BCUT2D eigenvalue weighted by Crippen LogP contribution is -2.49. The van der Waals surface area contributed by atoms with E-state index < -0.39 is 5.41 Å². The van der Waals surface area contributed by atoms with Gasteiger partial charge in [-0.1, -0.05) is 6.07 Å². The fourth-order valence-electron chi connectivity index (χ4n) is 5.42. The van der Waals surface area contributed by atoms with Crippen LogP contribution < -0.4 is 10.2 Å². The Balaban J connectivity index is 1.25. The van der Waals surface area contributed by atoms with Gasteiger partial charge in [-0.05, 0) is 57.1 Å².